The number of ketones is 1. The molecule has 3 nitrogen and oxygen atoms in total. The molecule has 2 unspecified atom stereocenters. The molecule has 3 heteroatoms. The lowest BCUT2D eigenvalue weighted by atomic mass is 9.58. The fraction of sp³-hybridized carbons (Fsp3) is 0.933. The summed E-state index contributed by atoms with van der Waals surface area (Å²) in [6.07, 6.45) is 6.70. The van der Waals surface area contributed by atoms with Crippen LogP contribution in [0, 0.1) is 10.8 Å². The minimum absolute atomic E-state index is 0.00891. The van der Waals surface area contributed by atoms with Crippen molar-refractivity contribution in [3.05, 3.63) is 0 Å². The summed E-state index contributed by atoms with van der Waals surface area (Å²) in [5, 5.41) is 0. The van der Waals surface area contributed by atoms with Gasteiger partial charge in [-0.25, -0.2) is 0 Å². The first-order valence-corrected chi connectivity index (χ1v) is 7.80. The Morgan fingerprint density at radius 1 is 1.06 bits per heavy atom. The van der Waals surface area contributed by atoms with Crippen molar-refractivity contribution in [2.24, 2.45) is 10.8 Å². The molecular formula is C15H26N2O+2. The van der Waals surface area contributed by atoms with Gasteiger partial charge in [0.05, 0.1) is 25.9 Å². The van der Waals surface area contributed by atoms with Crippen molar-refractivity contribution < 1.29 is 14.6 Å². The number of carbonyl (C=O) groups is 1. The molecule has 4 aliphatic heterocycles. The number of hydrogen-bond acceptors (Lipinski definition) is 1. The van der Waals surface area contributed by atoms with Crippen molar-refractivity contribution in [3.8, 4) is 0 Å². The Bertz CT molecular complexity index is 393. The van der Waals surface area contributed by atoms with Gasteiger partial charge in [-0.3, -0.25) is 14.6 Å². The summed E-state index contributed by atoms with van der Waals surface area (Å²) in [5.41, 5.74) is 0.535. The molecule has 1 saturated carbocycles. The minimum Gasteiger partial charge on any atom is -0.297 e. The molecule has 5 rings (SSSR count). The fourth-order valence-corrected chi connectivity index (χ4v) is 5.99. The lowest BCUT2D eigenvalue weighted by Crippen LogP contribution is -3.49. The Balaban J connectivity index is 1.80. The third-order valence-corrected chi connectivity index (χ3v) is 6.83. The minimum atomic E-state index is -0.00891. The lowest BCUT2D eigenvalue weighted by molar-refractivity contribution is -1.20. The van der Waals surface area contributed by atoms with E-state index in [9.17, 15) is 4.79 Å². The van der Waals surface area contributed by atoms with Crippen LogP contribution in [0.25, 0.3) is 0 Å². The van der Waals surface area contributed by atoms with Crippen LogP contribution < -0.4 is 9.80 Å². The second kappa shape index (κ2) is 3.18. The standard InChI is InChI=1S/C15H24N2O/c1-3-14-10-16-8-13(2,12(14)18)9-17(11-14)15(16)6-4-5-7-15/h3-11H2,1-2H3/p+2. The molecule has 18 heavy (non-hydrogen) atoms. The zero-order valence-corrected chi connectivity index (χ0v) is 11.8. The molecule has 5 fully saturated rings. The van der Waals surface area contributed by atoms with E-state index < -0.39 is 0 Å². The summed E-state index contributed by atoms with van der Waals surface area (Å²) in [7, 11) is 0. The van der Waals surface area contributed by atoms with Crippen molar-refractivity contribution in [2.45, 2.75) is 51.6 Å². The number of nitrogens with one attached hydrogen (secondary N) is 2. The maximum Gasteiger partial charge on any atom is 0.222 e. The second-order valence-electron chi connectivity index (χ2n) is 7.73. The molecule has 1 spiro atoms. The molecule has 2 N–H and O–H groups in total. The highest BCUT2D eigenvalue weighted by Gasteiger charge is 2.74. The van der Waals surface area contributed by atoms with Gasteiger partial charge in [0.15, 0.2) is 5.78 Å². The van der Waals surface area contributed by atoms with Gasteiger partial charge in [-0.15, -0.1) is 0 Å². The quantitative estimate of drug-likeness (QED) is 0.616. The average molecular weight is 250 g/mol. The van der Waals surface area contributed by atoms with Crippen LogP contribution in [0.2, 0.25) is 0 Å². The third-order valence-electron chi connectivity index (χ3n) is 6.83. The van der Waals surface area contributed by atoms with Crippen LogP contribution >= 0.6 is 0 Å². The molecule has 2 atom stereocenters. The maximum absolute atomic E-state index is 12.8. The predicted molar refractivity (Wildman–Crippen MR) is 68.4 cm³/mol. The van der Waals surface area contributed by atoms with Crippen LogP contribution in [0.5, 0.6) is 0 Å². The molecule has 4 saturated heterocycles. The Morgan fingerprint density at radius 2 is 1.61 bits per heavy atom. The highest BCUT2D eigenvalue weighted by Crippen LogP contribution is 2.40. The van der Waals surface area contributed by atoms with Crippen LogP contribution in [0.1, 0.15) is 46.0 Å². The predicted octanol–water partition coefficient (Wildman–Crippen LogP) is -0.961. The summed E-state index contributed by atoms with van der Waals surface area (Å²) in [6, 6.07) is 0. The number of carbonyl (C=O) groups excluding carboxylic acids is 1. The molecule has 0 amide bonds. The second-order valence-corrected chi connectivity index (χ2v) is 7.73. The van der Waals surface area contributed by atoms with Crippen LogP contribution in [0.4, 0.5) is 0 Å². The molecule has 0 aromatic rings. The first kappa shape index (κ1) is 11.4. The first-order chi connectivity index (χ1) is 8.55. The Morgan fingerprint density at radius 3 is 2.11 bits per heavy atom. The van der Waals surface area contributed by atoms with Gasteiger partial charge in [-0.2, -0.15) is 0 Å². The monoisotopic (exact) mass is 250 g/mol. The maximum atomic E-state index is 12.8. The summed E-state index contributed by atoms with van der Waals surface area (Å²) in [5.74, 6) is 0.609. The van der Waals surface area contributed by atoms with E-state index >= 15 is 0 Å². The number of hydrogen-bond donors (Lipinski definition) is 2. The molecule has 4 heterocycles. The third kappa shape index (κ3) is 1.07. The van der Waals surface area contributed by atoms with Crippen LogP contribution in [0.15, 0.2) is 0 Å². The molecule has 5 aliphatic rings. The van der Waals surface area contributed by atoms with E-state index in [1.54, 1.807) is 9.80 Å². The Hall–Kier alpha value is -0.410. The highest BCUT2D eigenvalue weighted by atomic mass is 16.1. The van der Waals surface area contributed by atoms with E-state index in [1.165, 1.54) is 25.7 Å². The molecule has 0 aromatic carbocycles. The first-order valence-electron chi connectivity index (χ1n) is 7.80. The van der Waals surface area contributed by atoms with Gasteiger partial charge >= 0.3 is 0 Å². The number of piperidine rings is 2. The zero-order valence-electron chi connectivity index (χ0n) is 11.8. The largest absolute Gasteiger partial charge is 0.297 e. The molecule has 100 valence electrons. The van der Waals surface area contributed by atoms with E-state index in [4.69, 9.17) is 0 Å². The topological polar surface area (TPSA) is 26.0 Å². The molecule has 4 bridgehead atoms. The van der Waals surface area contributed by atoms with Crippen LogP contribution in [-0.4, -0.2) is 37.6 Å². The Labute approximate surface area is 110 Å². The van der Waals surface area contributed by atoms with Gasteiger partial charge in [0, 0.05) is 0 Å². The van der Waals surface area contributed by atoms with E-state index in [0.717, 1.165) is 32.6 Å². The summed E-state index contributed by atoms with van der Waals surface area (Å²) >= 11 is 0. The van der Waals surface area contributed by atoms with Gasteiger partial charge in [0.25, 0.3) is 0 Å². The molecule has 0 aromatic heterocycles. The number of rotatable bonds is 1. The van der Waals surface area contributed by atoms with Crippen molar-refractivity contribution in [2.75, 3.05) is 26.2 Å². The average Bonchev–Trinajstić information content (AvgIpc) is 2.80. The van der Waals surface area contributed by atoms with Gasteiger partial charge in [0.1, 0.15) is 23.9 Å². The Kier molecular flexibility index (Phi) is 2.02. The zero-order chi connectivity index (χ0) is 12.6. The van der Waals surface area contributed by atoms with E-state index in [2.05, 4.69) is 13.8 Å². The SMILES string of the molecule is CCC12C[NH+]3CC(C)(C[NH+](C1)C31CCCC1)C2=O. The highest BCUT2D eigenvalue weighted by molar-refractivity contribution is 5.91. The van der Waals surface area contributed by atoms with Crippen molar-refractivity contribution in [1.29, 1.82) is 0 Å². The van der Waals surface area contributed by atoms with Crippen molar-refractivity contribution in [3.63, 3.8) is 0 Å². The van der Waals surface area contributed by atoms with Crippen LogP contribution in [0.3, 0.4) is 0 Å². The van der Waals surface area contributed by atoms with Gasteiger partial charge < -0.3 is 0 Å². The van der Waals surface area contributed by atoms with Crippen LogP contribution in [-0.2, 0) is 4.79 Å². The molecular weight excluding hydrogens is 224 g/mol. The summed E-state index contributed by atoms with van der Waals surface area (Å²) in [4.78, 5) is 16.4. The smallest absolute Gasteiger partial charge is 0.222 e. The number of quaternary nitrogens is 2. The van der Waals surface area contributed by atoms with Crippen molar-refractivity contribution in [1.82, 2.24) is 0 Å². The van der Waals surface area contributed by atoms with E-state index in [-0.39, 0.29) is 10.8 Å². The van der Waals surface area contributed by atoms with Gasteiger partial charge in [-0.05, 0) is 26.2 Å². The normalized spacial score (nSPS) is 52.4. The molecule has 0 radical (unpaired) electrons. The van der Waals surface area contributed by atoms with Crippen molar-refractivity contribution >= 4 is 5.78 Å². The molecule has 1 aliphatic carbocycles. The fourth-order valence-electron chi connectivity index (χ4n) is 5.99. The lowest BCUT2D eigenvalue weighted by Gasteiger charge is -2.63. The number of Topliss-reactive ketones (excluding diaryl/α,β-unsaturated/α-hetero) is 1. The van der Waals surface area contributed by atoms with E-state index in [0.29, 0.717) is 11.4 Å². The summed E-state index contributed by atoms with van der Waals surface area (Å²) < 4.78 is 0. The summed E-state index contributed by atoms with van der Waals surface area (Å²) in [6.45, 7) is 9.01. The van der Waals surface area contributed by atoms with Gasteiger partial charge in [0.2, 0.25) is 5.66 Å². The van der Waals surface area contributed by atoms with E-state index in [1.807, 2.05) is 0 Å². The van der Waals surface area contributed by atoms with Gasteiger partial charge in [-0.1, -0.05) is 6.92 Å².